The molecule has 0 aliphatic carbocycles. The van der Waals surface area contributed by atoms with Gasteiger partial charge in [0.05, 0.1) is 0 Å². The van der Waals surface area contributed by atoms with Gasteiger partial charge in [-0.2, -0.15) is 0 Å². The predicted molar refractivity (Wildman–Crippen MR) is 58.0 cm³/mol. The third-order valence-corrected chi connectivity index (χ3v) is 2.17. The Morgan fingerprint density at radius 1 is 1.53 bits per heavy atom. The van der Waals surface area contributed by atoms with Crippen molar-refractivity contribution in [2.45, 2.75) is 26.3 Å². The second kappa shape index (κ2) is 4.77. The molecular formula is C11H15FN2O. The van der Waals surface area contributed by atoms with E-state index in [1.807, 2.05) is 13.8 Å². The maximum absolute atomic E-state index is 12.9. The van der Waals surface area contributed by atoms with Gasteiger partial charge < -0.3 is 11.1 Å². The number of rotatable bonds is 3. The van der Waals surface area contributed by atoms with Gasteiger partial charge in [0.25, 0.3) is 5.91 Å². The van der Waals surface area contributed by atoms with Crippen LogP contribution < -0.4 is 11.1 Å². The lowest BCUT2D eigenvalue weighted by Crippen LogP contribution is -2.32. The number of halogens is 1. The highest BCUT2D eigenvalue weighted by atomic mass is 19.1. The molecule has 1 aromatic rings. The van der Waals surface area contributed by atoms with Crippen LogP contribution in [0.3, 0.4) is 0 Å². The average Bonchev–Trinajstić information content (AvgIpc) is 2.16. The molecule has 82 valence electrons. The summed E-state index contributed by atoms with van der Waals surface area (Å²) in [4.78, 5) is 11.6. The summed E-state index contributed by atoms with van der Waals surface area (Å²) in [7, 11) is 0. The molecule has 0 saturated heterocycles. The Labute approximate surface area is 88.5 Å². The second-order valence-electron chi connectivity index (χ2n) is 3.56. The van der Waals surface area contributed by atoms with Gasteiger partial charge in [0.2, 0.25) is 0 Å². The molecular weight excluding hydrogens is 195 g/mol. The van der Waals surface area contributed by atoms with Crippen LogP contribution in [0, 0.1) is 5.82 Å². The monoisotopic (exact) mass is 210 g/mol. The topological polar surface area (TPSA) is 55.1 Å². The maximum Gasteiger partial charge on any atom is 0.251 e. The minimum Gasteiger partial charge on any atom is -0.399 e. The van der Waals surface area contributed by atoms with Gasteiger partial charge in [0.15, 0.2) is 0 Å². The van der Waals surface area contributed by atoms with E-state index in [9.17, 15) is 9.18 Å². The average molecular weight is 210 g/mol. The van der Waals surface area contributed by atoms with Gasteiger partial charge in [-0.15, -0.1) is 0 Å². The van der Waals surface area contributed by atoms with Crippen LogP contribution in [0.2, 0.25) is 0 Å². The number of nitrogen functional groups attached to an aromatic ring is 1. The number of benzene rings is 1. The Bertz CT molecular complexity index is 345. The van der Waals surface area contributed by atoms with Gasteiger partial charge in [-0.3, -0.25) is 4.79 Å². The summed E-state index contributed by atoms with van der Waals surface area (Å²) in [6.07, 6.45) is 0.830. The fraction of sp³-hybridized carbons (Fsp3) is 0.364. The summed E-state index contributed by atoms with van der Waals surface area (Å²) < 4.78 is 12.9. The largest absolute Gasteiger partial charge is 0.399 e. The van der Waals surface area contributed by atoms with Crippen LogP contribution >= 0.6 is 0 Å². The molecule has 0 aliphatic heterocycles. The van der Waals surface area contributed by atoms with E-state index < -0.39 is 5.82 Å². The molecule has 1 rings (SSSR count). The molecule has 3 nitrogen and oxygen atoms in total. The minimum atomic E-state index is -0.496. The van der Waals surface area contributed by atoms with Crippen LogP contribution in [0.15, 0.2) is 18.2 Å². The molecule has 0 aromatic heterocycles. The molecule has 0 saturated carbocycles. The zero-order valence-corrected chi connectivity index (χ0v) is 8.88. The molecule has 3 N–H and O–H groups in total. The third kappa shape index (κ3) is 3.23. The molecule has 1 atom stereocenters. The van der Waals surface area contributed by atoms with E-state index in [2.05, 4.69) is 5.32 Å². The van der Waals surface area contributed by atoms with E-state index in [0.717, 1.165) is 6.42 Å². The number of nitrogens with one attached hydrogen (secondary N) is 1. The lowest BCUT2D eigenvalue weighted by molar-refractivity contribution is 0.0939. The van der Waals surface area contributed by atoms with Crippen molar-refractivity contribution in [2.24, 2.45) is 0 Å². The zero-order chi connectivity index (χ0) is 11.4. The highest BCUT2D eigenvalue weighted by Crippen LogP contribution is 2.10. The van der Waals surface area contributed by atoms with Gasteiger partial charge in [0.1, 0.15) is 5.82 Å². The van der Waals surface area contributed by atoms with Crippen LogP contribution in [0.1, 0.15) is 30.6 Å². The fourth-order valence-corrected chi connectivity index (χ4v) is 1.15. The Morgan fingerprint density at radius 3 is 2.73 bits per heavy atom. The summed E-state index contributed by atoms with van der Waals surface area (Å²) in [5, 5.41) is 2.74. The molecule has 1 amide bonds. The van der Waals surface area contributed by atoms with Crippen molar-refractivity contribution in [3.8, 4) is 0 Å². The summed E-state index contributed by atoms with van der Waals surface area (Å²) in [5.41, 5.74) is 5.95. The molecule has 0 bridgehead atoms. The van der Waals surface area contributed by atoms with Gasteiger partial charge in [0, 0.05) is 17.3 Å². The minimum absolute atomic E-state index is 0.0713. The van der Waals surface area contributed by atoms with Crippen LogP contribution in [0.5, 0.6) is 0 Å². The molecule has 1 unspecified atom stereocenters. The van der Waals surface area contributed by atoms with E-state index in [4.69, 9.17) is 5.73 Å². The van der Waals surface area contributed by atoms with Gasteiger partial charge in [-0.25, -0.2) is 4.39 Å². The molecule has 0 fully saturated rings. The SMILES string of the molecule is CCC(C)NC(=O)c1cc(N)cc(F)c1. The van der Waals surface area contributed by atoms with Gasteiger partial charge in [-0.1, -0.05) is 6.92 Å². The van der Waals surface area contributed by atoms with Crippen molar-refractivity contribution in [1.29, 1.82) is 0 Å². The van der Waals surface area contributed by atoms with Crippen LogP contribution in [0.25, 0.3) is 0 Å². The van der Waals surface area contributed by atoms with Crippen molar-refractivity contribution in [1.82, 2.24) is 5.32 Å². The number of hydrogen-bond acceptors (Lipinski definition) is 2. The molecule has 1 aromatic carbocycles. The standard InChI is InChI=1S/C11H15FN2O/c1-3-7(2)14-11(15)8-4-9(12)6-10(13)5-8/h4-7H,3,13H2,1-2H3,(H,14,15). The lowest BCUT2D eigenvalue weighted by Gasteiger charge is -2.11. The van der Waals surface area contributed by atoms with Crippen molar-refractivity contribution < 1.29 is 9.18 Å². The van der Waals surface area contributed by atoms with Gasteiger partial charge >= 0.3 is 0 Å². The first kappa shape index (κ1) is 11.5. The summed E-state index contributed by atoms with van der Waals surface area (Å²) in [5.74, 6) is -0.792. The van der Waals surface area contributed by atoms with E-state index in [1.165, 1.54) is 18.2 Å². The van der Waals surface area contributed by atoms with Crippen molar-refractivity contribution in [2.75, 3.05) is 5.73 Å². The van der Waals surface area contributed by atoms with E-state index >= 15 is 0 Å². The number of anilines is 1. The Hall–Kier alpha value is -1.58. The maximum atomic E-state index is 12.9. The summed E-state index contributed by atoms with van der Waals surface area (Å²) >= 11 is 0. The Balaban J connectivity index is 2.82. The molecule has 0 radical (unpaired) electrons. The van der Waals surface area contributed by atoms with Crippen molar-refractivity contribution in [3.63, 3.8) is 0 Å². The first-order valence-electron chi connectivity index (χ1n) is 4.90. The highest BCUT2D eigenvalue weighted by molar-refractivity contribution is 5.95. The van der Waals surface area contributed by atoms with E-state index in [1.54, 1.807) is 0 Å². The fourth-order valence-electron chi connectivity index (χ4n) is 1.15. The molecule has 4 heteroatoms. The second-order valence-corrected chi connectivity index (χ2v) is 3.56. The van der Waals surface area contributed by atoms with Crippen LogP contribution in [-0.2, 0) is 0 Å². The molecule has 15 heavy (non-hydrogen) atoms. The first-order valence-corrected chi connectivity index (χ1v) is 4.90. The first-order chi connectivity index (χ1) is 7.02. The number of carbonyl (C=O) groups excluding carboxylic acids is 1. The lowest BCUT2D eigenvalue weighted by atomic mass is 10.1. The third-order valence-electron chi connectivity index (χ3n) is 2.17. The van der Waals surface area contributed by atoms with E-state index in [0.29, 0.717) is 0 Å². The predicted octanol–water partition coefficient (Wildman–Crippen LogP) is 1.94. The highest BCUT2D eigenvalue weighted by Gasteiger charge is 2.09. The smallest absolute Gasteiger partial charge is 0.251 e. The van der Waals surface area contributed by atoms with Gasteiger partial charge in [-0.05, 0) is 31.5 Å². The molecule has 0 spiro atoms. The number of carbonyl (C=O) groups is 1. The normalized spacial score (nSPS) is 12.2. The zero-order valence-electron chi connectivity index (χ0n) is 8.88. The number of hydrogen-bond donors (Lipinski definition) is 2. The quantitative estimate of drug-likeness (QED) is 0.749. The van der Waals surface area contributed by atoms with Crippen molar-refractivity contribution >= 4 is 11.6 Å². The number of amides is 1. The number of nitrogens with two attached hydrogens (primary N) is 1. The molecule has 0 aliphatic rings. The molecule has 0 heterocycles. The van der Waals surface area contributed by atoms with Crippen LogP contribution in [0.4, 0.5) is 10.1 Å². The Kier molecular flexibility index (Phi) is 3.66. The van der Waals surface area contributed by atoms with Crippen molar-refractivity contribution in [3.05, 3.63) is 29.6 Å². The van der Waals surface area contributed by atoms with E-state index in [-0.39, 0.29) is 23.2 Å². The summed E-state index contributed by atoms with van der Waals surface area (Å²) in [6, 6.07) is 3.89. The van der Waals surface area contributed by atoms with Crippen LogP contribution in [-0.4, -0.2) is 11.9 Å². The Morgan fingerprint density at radius 2 is 2.20 bits per heavy atom. The summed E-state index contributed by atoms with van der Waals surface area (Å²) in [6.45, 7) is 3.85.